The minimum Gasteiger partial charge on any atom is -0.334 e. The number of amides is 2. The monoisotopic (exact) mass is 377 g/mol. The van der Waals surface area contributed by atoms with E-state index in [1.54, 1.807) is 4.90 Å². The Kier molecular flexibility index (Phi) is 5.72. The zero-order valence-electron chi connectivity index (χ0n) is 16.2. The lowest BCUT2D eigenvalue weighted by molar-refractivity contribution is -0.116. The number of carbonyl (C=O) groups excluding carboxylic acids is 2. The summed E-state index contributed by atoms with van der Waals surface area (Å²) in [5.74, 6) is -0.0363. The highest BCUT2D eigenvalue weighted by molar-refractivity contribution is 5.98. The molecule has 1 fully saturated rings. The van der Waals surface area contributed by atoms with E-state index < -0.39 is 0 Å². The third kappa shape index (κ3) is 4.42. The van der Waals surface area contributed by atoms with Crippen molar-refractivity contribution in [3.05, 3.63) is 65.2 Å². The maximum Gasteiger partial charge on any atom is 0.254 e. The average Bonchev–Trinajstić information content (AvgIpc) is 3.03. The molecule has 0 unspecified atom stereocenters. The third-order valence-corrected chi connectivity index (χ3v) is 5.57. The lowest BCUT2D eigenvalue weighted by Crippen LogP contribution is -2.29. The summed E-state index contributed by atoms with van der Waals surface area (Å²) < 4.78 is 0. The van der Waals surface area contributed by atoms with Gasteiger partial charge in [0.2, 0.25) is 5.91 Å². The van der Waals surface area contributed by atoms with Crippen LogP contribution in [-0.2, 0) is 17.9 Å². The summed E-state index contributed by atoms with van der Waals surface area (Å²) in [6.07, 6.45) is 4.18. The Labute approximate surface area is 166 Å². The van der Waals surface area contributed by atoms with Crippen molar-refractivity contribution < 1.29 is 9.59 Å². The summed E-state index contributed by atoms with van der Waals surface area (Å²) in [5, 5.41) is 2.98. The van der Waals surface area contributed by atoms with E-state index in [0.29, 0.717) is 19.5 Å². The number of rotatable bonds is 6. The summed E-state index contributed by atoms with van der Waals surface area (Å²) in [7, 11) is 0. The predicted octanol–water partition coefficient (Wildman–Crippen LogP) is 3.66. The Bertz CT molecular complexity index is 858. The van der Waals surface area contributed by atoms with Gasteiger partial charge in [-0.25, -0.2) is 0 Å². The second kappa shape index (κ2) is 8.57. The first-order valence-corrected chi connectivity index (χ1v) is 10.2. The van der Waals surface area contributed by atoms with Gasteiger partial charge in [-0.05, 0) is 55.3 Å². The topological polar surface area (TPSA) is 52.7 Å². The molecule has 0 atom stereocenters. The van der Waals surface area contributed by atoms with E-state index in [9.17, 15) is 9.59 Å². The van der Waals surface area contributed by atoms with Crippen LogP contribution in [0.4, 0.5) is 5.69 Å². The third-order valence-electron chi connectivity index (χ3n) is 5.57. The van der Waals surface area contributed by atoms with Crippen molar-refractivity contribution in [2.24, 2.45) is 0 Å². The minimum atomic E-state index is -0.0566. The molecule has 5 heteroatoms. The molecule has 0 spiro atoms. The Morgan fingerprint density at radius 2 is 1.82 bits per heavy atom. The molecule has 1 N–H and O–H groups in total. The molecule has 146 valence electrons. The fourth-order valence-electron chi connectivity index (χ4n) is 4.08. The quantitative estimate of drug-likeness (QED) is 0.836. The van der Waals surface area contributed by atoms with E-state index in [2.05, 4.69) is 22.3 Å². The number of likely N-dealkylation sites (tertiary alicyclic amines) is 1. The van der Waals surface area contributed by atoms with Gasteiger partial charge in [0.05, 0.1) is 0 Å². The normalized spacial score (nSPS) is 16.9. The van der Waals surface area contributed by atoms with Crippen LogP contribution in [0.3, 0.4) is 0 Å². The fourth-order valence-corrected chi connectivity index (χ4v) is 4.08. The van der Waals surface area contributed by atoms with E-state index in [0.717, 1.165) is 36.4 Å². The van der Waals surface area contributed by atoms with Crippen LogP contribution in [-0.4, -0.2) is 41.2 Å². The number of fused-ring (bicyclic) bond motifs is 1. The van der Waals surface area contributed by atoms with E-state index in [-0.39, 0.29) is 11.8 Å². The number of benzene rings is 2. The standard InChI is InChI=1S/C23H27N3O2/c27-22(11-14-26-17-19-8-2-3-10-21(19)23(26)28)24-20-9-6-7-18(15-20)16-25-12-4-1-5-13-25/h2-3,6-10,15H,1,4-5,11-14,16-17H2,(H,24,27). The van der Waals surface area contributed by atoms with Crippen LogP contribution in [0.1, 0.15) is 47.2 Å². The molecule has 0 bridgehead atoms. The minimum absolute atomic E-state index is 0.0203. The number of anilines is 1. The van der Waals surface area contributed by atoms with E-state index >= 15 is 0 Å². The van der Waals surface area contributed by atoms with Crippen molar-refractivity contribution in [2.75, 3.05) is 25.0 Å². The van der Waals surface area contributed by atoms with Crippen molar-refractivity contribution in [3.8, 4) is 0 Å². The summed E-state index contributed by atoms with van der Waals surface area (Å²) in [6, 6.07) is 15.7. The molecular weight excluding hydrogens is 350 g/mol. The van der Waals surface area contributed by atoms with E-state index in [4.69, 9.17) is 0 Å². The maximum atomic E-state index is 12.4. The first kappa shape index (κ1) is 18.7. The number of nitrogens with one attached hydrogen (secondary N) is 1. The van der Waals surface area contributed by atoms with Crippen LogP contribution in [0.5, 0.6) is 0 Å². The van der Waals surface area contributed by atoms with Gasteiger partial charge in [0.25, 0.3) is 5.91 Å². The Hall–Kier alpha value is -2.66. The summed E-state index contributed by atoms with van der Waals surface area (Å²) >= 11 is 0. The maximum absolute atomic E-state index is 12.4. The molecule has 2 aliphatic rings. The lowest BCUT2D eigenvalue weighted by Gasteiger charge is -2.26. The van der Waals surface area contributed by atoms with Gasteiger partial charge in [0.15, 0.2) is 0 Å². The smallest absolute Gasteiger partial charge is 0.254 e. The number of nitrogens with zero attached hydrogens (tertiary/aromatic N) is 2. The van der Waals surface area contributed by atoms with Crippen LogP contribution in [0.25, 0.3) is 0 Å². The highest BCUT2D eigenvalue weighted by Gasteiger charge is 2.26. The molecule has 2 amide bonds. The molecule has 1 saturated heterocycles. The number of piperidine rings is 1. The molecular formula is C23H27N3O2. The van der Waals surface area contributed by atoms with Gasteiger partial charge in [-0.3, -0.25) is 14.5 Å². The zero-order valence-corrected chi connectivity index (χ0v) is 16.2. The Balaban J connectivity index is 1.28. The molecule has 0 aromatic heterocycles. The van der Waals surface area contributed by atoms with Gasteiger partial charge in [0, 0.05) is 37.3 Å². The van der Waals surface area contributed by atoms with Crippen LogP contribution < -0.4 is 5.32 Å². The second-order valence-corrected chi connectivity index (χ2v) is 7.72. The molecule has 0 aliphatic carbocycles. The lowest BCUT2D eigenvalue weighted by atomic mass is 10.1. The highest BCUT2D eigenvalue weighted by Crippen LogP contribution is 2.22. The predicted molar refractivity (Wildman–Crippen MR) is 110 cm³/mol. The van der Waals surface area contributed by atoms with Gasteiger partial charge in [-0.2, -0.15) is 0 Å². The van der Waals surface area contributed by atoms with Crippen LogP contribution in [0.15, 0.2) is 48.5 Å². The van der Waals surface area contributed by atoms with Crippen LogP contribution in [0, 0.1) is 0 Å². The SMILES string of the molecule is O=C(CCN1Cc2ccccc2C1=O)Nc1cccc(CN2CCCCC2)c1. The zero-order chi connectivity index (χ0) is 19.3. The van der Waals surface area contributed by atoms with Gasteiger partial charge in [-0.15, -0.1) is 0 Å². The number of hydrogen-bond acceptors (Lipinski definition) is 3. The van der Waals surface area contributed by atoms with Crippen molar-refractivity contribution in [1.29, 1.82) is 0 Å². The largest absolute Gasteiger partial charge is 0.334 e. The van der Waals surface area contributed by atoms with Crippen LogP contribution in [0.2, 0.25) is 0 Å². The average molecular weight is 377 g/mol. The summed E-state index contributed by atoms with van der Waals surface area (Å²) in [4.78, 5) is 29.0. The Morgan fingerprint density at radius 3 is 2.64 bits per heavy atom. The van der Waals surface area contributed by atoms with Gasteiger partial charge < -0.3 is 10.2 Å². The van der Waals surface area contributed by atoms with Crippen LogP contribution >= 0.6 is 0 Å². The first-order valence-electron chi connectivity index (χ1n) is 10.2. The molecule has 28 heavy (non-hydrogen) atoms. The van der Waals surface area contributed by atoms with Gasteiger partial charge >= 0.3 is 0 Å². The van der Waals surface area contributed by atoms with E-state index in [1.165, 1.54) is 24.8 Å². The Morgan fingerprint density at radius 1 is 1.00 bits per heavy atom. The molecule has 0 saturated carbocycles. The van der Waals surface area contributed by atoms with Crippen molar-refractivity contribution in [1.82, 2.24) is 9.80 Å². The molecule has 2 heterocycles. The van der Waals surface area contributed by atoms with Crippen molar-refractivity contribution in [3.63, 3.8) is 0 Å². The van der Waals surface area contributed by atoms with Gasteiger partial charge in [-0.1, -0.05) is 36.8 Å². The second-order valence-electron chi connectivity index (χ2n) is 7.72. The van der Waals surface area contributed by atoms with E-state index in [1.807, 2.05) is 36.4 Å². The summed E-state index contributed by atoms with van der Waals surface area (Å²) in [5.41, 5.74) is 3.85. The van der Waals surface area contributed by atoms with Crippen molar-refractivity contribution >= 4 is 17.5 Å². The molecule has 0 radical (unpaired) electrons. The molecule has 4 rings (SSSR count). The molecule has 5 nitrogen and oxygen atoms in total. The van der Waals surface area contributed by atoms with Crippen molar-refractivity contribution in [2.45, 2.75) is 38.8 Å². The number of hydrogen-bond donors (Lipinski definition) is 1. The highest BCUT2D eigenvalue weighted by atomic mass is 16.2. The fraction of sp³-hybridized carbons (Fsp3) is 0.391. The molecule has 2 aromatic carbocycles. The summed E-state index contributed by atoms with van der Waals surface area (Å²) in [6.45, 7) is 4.27. The molecule has 2 aliphatic heterocycles. The molecule has 2 aromatic rings. The number of carbonyl (C=O) groups is 2. The first-order chi connectivity index (χ1) is 13.7. The van der Waals surface area contributed by atoms with Gasteiger partial charge in [0.1, 0.15) is 0 Å².